The Morgan fingerprint density at radius 1 is 1.52 bits per heavy atom. The maximum absolute atomic E-state index is 12.6. The van der Waals surface area contributed by atoms with Crippen LogP contribution in [0.3, 0.4) is 0 Å². The number of aromatic hydroxyl groups is 1. The molecule has 0 aromatic carbocycles. The zero-order valence-corrected chi connectivity index (χ0v) is 13.6. The molecule has 0 aliphatic heterocycles. The molecule has 0 unspecified atom stereocenters. The molecule has 23 heavy (non-hydrogen) atoms. The molecule has 0 saturated heterocycles. The Bertz CT molecular complexity index is 900. The Labute approximate surface area is 141 Å². The molecule has 3 heterocycles. The fraction of sp³-hybridized carbons (Fsp3) is 0.267. The van der Waals surface area contributed by atoms with Crippen molar-refractivity contribution in [1.82, 2.24) is 14.9 Å². The van der Waals surface area contributed by atoms with E-state index in [9.17, 15) is 9.90 Å². The largest absolute Gasteiger partial charge is 0.474 e. The van der Waals surface area contributed by atoms with Gasteiger partial charge in [0.25, 0.3) is 17.2 Å². The Kier molecular flexibility index (Phi) is 3.46. The van der Waals surface area contributed by atoms with Crippen LogP contribution < -0.4 is 9.72 Å². The Hall–Kier alpha value is -2.12. The number of carbonyl (C=O) groups is 1. The van der Waals surface area contributed by atoms with Crippen LogP contribution in [0.1, 0.15) is 28.2 Å². The van der Waals surface area contributed by atoms with Crippen molar-refractivity contribution in [3.05, 3.63) is 45.6 Å². The molecule has 3 aromatic rings. The van der Waals surface area contributed by atoms with Gasteiger partial charge >= 0.3 is 5.88 Å². The SMILES string of the molecule is O=C(NC1CC1)c1c(O)[n+]2ccccc2n1Cc1cnc(Cl)s1. The number of nitrogens with one attached hydrogen (secondary N) is 1. The number of fused-ring (bicyclic) bond motifs is 1. The summed E-state index contributed by atoms with van der Waals surface area (Å²) in [5, 5.41) is 13.4. The maximum atomic E-state index is 12.6. The molecule has 118 valence electrons. The summed E-state index contributed by atoms with van der Waals surface area (Å²) in [6, 6.07) is 5.75. The monoisotopic (exact) mass is 349 g/mol. The lowest BCUT2D eigenvalue weighted by Gasteiger charge is -2.02. The fourth-order valence-corrected chi connectivity index (χ4v) is 3.53. The van der Waals surface area contributed by atoms with Gasteiger partial charge in [0, 0.05) is 18.3 Å². The minimum absolute atomic E-state index is 0.0608. The van der Waals surface area contributed by atoms with Crippen LogP contribution in [0.4, 0.5) is 0 Å². The lowest BCUT2D eigenvalue weighted by atomic mass is 10.3. The second kappa shape index (κ2) is 5.50. The average Bonchev–Trinajstić information content (AvgIpc) is 3.19. The van der Waals surface area contributed by atoms with Crippen molar-refractivity contribution in [2.45, 2.75) is 25.4 Å². The van der Waals surface area contributed by atoms with Crippen molar-refractivity contribution >= 4 is 34.5 Å². The van der Waals surface area contributed by atoms with Gasteiger partial charge in [-0.05, 0) is 18.9 Å². The van der Waals surface area contributed by atoms with E-state index in [0.717, 1.165) is 23.4 Å². The molecule has 8 heteroatoms. The van der Waals surface area contributed by atoms with Crippen LogP contribution in [-0.4, -0.2) is 26.6 Å². The summed E-state index contributed by atoms with van der Waals surface area (Å²) in [6.07, 6.45) is 5.40. The summed E-state index contributed by atoms with van der Waals surface area (Å²) in [6.45, 7) is 0.423. The minimum Gasteiger partial charge on any atom is -0.474 e. The first kappa shape index (κ1) is 14.5. The Morgan fingerprint density at radius 3 is 3.04 bits per heavy atom. The van der Waals surface area contributed by atoms with E-state index < -0.39 is 0 Å². The molecule has 1 fully saturated rings. The van der Waals surface area contributed by atoms with Crippen molar-refractivity contribution in [3.8, 4) is 5.88 Å². The van der Waals surface area contributed by atoms with E-state index in [1.165, 1.54) is 11.3 Å². The van der Waals surface area contributed by atoms with Crippen LogP contribution in [0.25, 0.3) is 5.65 Å². The van der Waals surface area contributed by atoms with E-state index in [2.05, 4.69) is 10.3 Å². The molecule has 1 aliphatic rings. The number of amides is 1. The molecule has 0 atom stereocenters. The van der Waals surface area contributed by atoms with E-state index in [0.29, 0.717) is 11.0 Å². The van der Waals surface area contributed by atoms with E-state index in [1.54, 1.807) is 21.4 Å². The summed E-state index contributed by atoms with van der Waals surface area (Å²) in [4.78, 5) is 17.5. The zero-order chi connectivity index (χ0) is 16.0. The molecule has 4 rings (SSSR count). The fourth-order valence-electron chi connectivity index (χ4n) is 2.56. The van der Waals surface area contributed by atoms with Gasteiger partial charge in [-0.2, -0.15) is 4.40 Å². The Morgan fingerprint density at radius 2 is 2.35 bits per heavy atom. The number of aromatic nitrogens is 3. The van der Waals surface area contributed by atoms with Crippen LogP contribution in [0.5, 0.6) is 5.88 Å². The molecule has 1 saturated carbocycles. The van der Waals surface area contributed by atoms with Crippen LogP contribution in [0.2, 0.25) is 4.47 Å². The molecular formula is C15H14ClN4O2S+. The third kappa shape index (κ3) is 2.66. The van der Waals surface area contributed by atoms with Gasteiger partial charge in [-0.25, -0.2) is 9.55 Å². The Balaban J connectivity index is 1.83. The number of hydrogen-bond donors (Lipinski definition) is 2. The third-order valence-electron chi connectivity index (χ3n) is 3.79. The smallest absolute Gasteiger partial charge is 0.341 e. The number of carbonyl (C=O) groups excluding carboxylic acids is 1. The highest BCUT2D eigenvalue weighted by atomic mass is 35.5. The second-order valence-corrected chi connectivity index (χ2v) is 7.21. The summed E-state index contributed by atoms with van der Waals surface area (Å²) < 4.78 is 3.85. The number of pyridine rings is 1. The van der Waals surface area contributed by atoms with Gasteiger partial charge in [-0.1, -0.05) is 17.7 Å². The van der Waals surface area contributed by atoms with Gasteiger partial charge in [0.15, 0.2) is 4.47 Å². The maximum Gasteiger partial charge on any atom is 0.341 e. The van der Waals surface area contributed by atoms with Crippen LogP contribution in [0.15, 0.2) is 30.6 Å². The molecule has 6 nitrogen and oxygen atoms in total. The molecule has 0 spiro atoms. The summed E-state index contributed by atoms with van der Waals surface area (Å²) >= 11 is 7.25. The number of hydrogen-bond acceptors (Lipinski definition) is 4. The molecule has 1 aliphatic carbocycles. The average molecular weight is 350 g/mol. The van der Waals surface area contributed by atoms with E-state index in [-0.39, 0.29) is 23.5 Å². The quantitative estimate of drug-likeness (QED) is 0.707. The number of thiazole rings is 1. The van der Waals surface area contributed by atoms with Gasteiger partial charge in [-0.3, -0.25) is 4.79 Å². The number of rotatable bonds is 4. The lowest BCUT2D eigenvalue weighted by molar-refractivity contribution is -0.521. The zero-order valence-electron chi connectivity index (χ0n) is 12.1. The third-order valence-corrected chi connectivity index (χ3v) is 4.89. The minimum atomic E-state index is -0.260. The van der Waals surface area contributed by atoms with Gasteiger partial charge in [0.2, 0.25) is 0 Å². The first-order chi connectivity index (χ1) is 11.1. The molecule has 0 bridgehead atoms. The molecule has 1 amide bonds. The topological polar surface area (TPSA) is 71.2 Å². The predicted octanol–water partition coefficient (Wildman–Crippen LogP) is 1.98. The molecule has 3 aromatic heterocycles. The van der Waals surface area contributed by atoms with Crippen molar-refractivity contribution in [2.24, 2.45) is 0 Å². The molecular weight excluding hydrogens is 336 g/mol. The van der Waals surface area contributed by atoms with Gasteiger partial charge in [0.1, 0.15) is 6.54 Å². The number of imidazole rings is 1. The summed E-state index contributed by atoms with van der Waals surface area (Å²) in [7, 11) is 0. The second-order valence-electron chi connectivity index (χ2n) is 5.51. The van der Waals surface area contributed by atoms with E-state index in [1.807, 2.05) is 18.2 Å². The summed E-state index contributed by atoms with van der Waals surface area (Å²) in [5.74, 6) is -0.321. The van der Waals surface area contributed by atoms with Crippen molar-refractivity contribution in [1.29, 1.82) is 0 Å². The first-order valence-electron chi connectivity index (χ1n) is 7.26. The standard InChI is InChI=1S/C15H13ClN4O2S/c16-15-17-7-10(23-15)8-20-11-3-1-2-6-19(11)14(22)12(20)13(21)18-9-4-5-9/h1-3,6-7,9H,4-5,8H2,(H-,18,21,22)/p+1. The van der Waals surface area contributed by atoms with Crippen LogP contribution in [-0.2, 0) is 6.54 Å². The van der Waals surface area contributed by atoms with E-state index in [4.69, 9.17) is 11.6 Å². The van der Waals surface area contributed by atoms with Crippen molar-refractivity contribution in [2.75, 3.05) is 0 Å². The number of halogens is 1. The highest BCUT2D eigenvalue weighted by Gasteiger charge is 2.34. The predicted molar refractivity (Wildman–Crippen MR) is 86.0 cm³/mol. The van der Waals surface area contributed by atoms with Crippen LogP contribution >= 0.6 is 22.9 Å². The lowest BCUT2D eigenvalue weighted by Crippen LogP contribution is -2.28. The van der Waals surface area contributed by atoms with Gasteiger partial charge in [0.05, 0.1) is 11.1 Å². The highest BCUT2D eigenvalue weighted by molar-refractivity contribution is 7.15. The first-order valence-corrected chi connectivity index (χ1v) is 8.46. The van der Waals surface area contributed by atoms with E-state index >= 15 is 0 Å². The molecule has 0 radical (unpaired) electrons. The normalized spacial score (nSPS) is 14.3. The van der Waals surface area contributed by atoms with Gasteiger partial charge in [-0.15, -0.1) is 11.3 Å². The van der Waals surface area contributed by atoms with Crippen molar-refractivity contribution < 1.29 is 14.3 Å². The summed E-state index contributed by atoms with van der Waals surface area (Å²) in [5.41, 5.74) is 0.989. The van der Waals surface area contributed by atoms with Crippen LogP contribution in [0, 0.1) is 0 Å². The van der Waals surface area contributed by atoms with Gasteiger partial charge < -0.3 is 10.4 Å². The number of nitrogens with zero attached hydrogens (tertiary/aromatic N) is 3. The van der Waals surface area contributed by atoms with Crippen molar-refractivity contribution in [3.63, 3.8) is 0 Å². The molecule has 2 N–H and O–H groups in total. The highest BCUT2D eigenvalue weighted by Crippen LogP contribution is 2.25.